The molecule has 2 rings (SSSR count). The van der Waals surface area contributed by atoms with Gasteiger partial charge in [-0.3, -0.25) is 0 Å². The van der Waals surface area contributed by atoms with Crippen molar-refractivity contribution in [1.82, 2.24) is 0 Å². The van der Waals surface area contributed by atoms with Crippen molar-refractivity contribution in [3.8, 4) is 11.5 Å². The molecule has 1 aromatic rings. The molecule has 3 nitrogen and oxygen atoms in total. The van der Waals surface area contributed by atoms with E-state index in [0.717, 1.165) is 37.2 Å². The molecule has 2 atom stereocenters. The lowest BCUT2D eigenvalue weighted by molar-refractivity contribution is 0.144. The topological polar surface area (TPSA) is 44.5 Å². The van der Waals surface area contributed by atoms with Crippen LogP contribution in [0.4, 0.5) is 0 Å². The number of nitrogens with two attached hydrogens (primary N) is 1. The third-order valence-corrected chi connectivity index (χ3v) is 3.09. The van der Waals surface area contributed by atoms with Crippen molar-refractivity contribution in [3.63, 3.8) is 0 Å². The number of benzene rings is 1. The normalized spacial score (nSPS) is 24.4. The molecular formula is C14H21NO2. The lowest BCUT2D eigenvalue weighted by Gasteiger charge is -2.27. The summed E-state index contributed by atoms with van der Waals surface area (Å²) in [5.41, 5.74) is 5.95. The first-order valence-electron chi connectivity index (χ1n) is 6.43. The van der Waals surface area contributed by atoms with Gasteiger partial charge in [0.05, 0.1) is 6.61 Å². The van der Waals surface area contributed by atoms with E-state index in [1.165, 1.54) is 0 Å². The summed E-state index contributed by atoms with van der Waals surface area (Å²) < 4.78 is 11.4. The van der Waals surface area contributed by atoms with Gasteiger partial charge < -0.3 is 15.2 Å². The van der Waals surface area contributed by atoms with Gasteiger partial charge in [-0.25, -0.2) is 0 Å². The molecule has 0 saturated heterocycles. The summed E-state index contributed by atoms with van der Waals surface area (Å²) in [6, 6.07) is 8.13. The fraction of sp³-hybridized carbons (Fsp3) is 0.571. The van der Waals surface area contributed by atoms with Crippen LogP contribution in [0.1, 0.15) is 32.6 Å². The highest BCUT2D eigenvalue weighted by Crippen LogP contribution is 2.25. The summed E-state index contributed by atoms with van der Waals surface area (Å²) in [4.78, 5) is 0. The highest BCUT2D eigenvalue weighted by molar-refractivity contribution is 5.33. The first kappa shape index (κ1) is 12.2. The zero-order valence-corrected chi connectivity index (χ0v) is 10.4. The van der Waals surface area contributed by atoms with Gasteiger partial charge in [0, 0.05) is 12.1 Å². The van der Waals surface area contributed by atoms with Crippen LogP contribution in [0.2, 0.25) is 0 Å². The molecule has 3 heteroatoms. The molecule has 1 aliphatic rings. The van der Waals surface area contributed by atoms with Crippen molar-refractivity contribution < 1.29 is 9.47 Å². The lowest BCUT2D eigenvalue weighted by atomic mass is 9.93. The smallest absolute Gasteiger partial charge is 0.123 e. The standard InChI is InChI=1S/C14H21NO2/c1-2-16-12-6-4-8-14(10-12)17-13-7-3-5-11(15)9-13/h4,6,8,10-11,13H,2-3,5,7,9,15H2,1H3. The van der Waals surface area contributed by atoms with Gasteiger partial charge in [0.25, 0.3) is 0 Å². The van der Waals surface area contributed by atoms with E-state index in [1.807, 2.05) is 31.2 Å². The Morgan fingerprint density at radius 3 is 2.88 bits per heavy atom. The Morgan fingerprint density at radius 2 is 2.12 bits per heavy atom. The van der Waals surface area contributed by atoms with Crippen LogP contribution < -0.4 is 15.2 Å². The molecule has 1 aliphatic carbocycles. The van der Waals surface area contributed by atoms with Crippen molar-refractivity contribution >= 4 is 0 Å². The summed E-state index contributed by atoms with van der Waals surface area (Å²) in [7, 11) is 0. The van der Waals surface area contributed by atoms with Crippen LogP contribution in [0.15, 0.2) is 24.3 Å². The molecule has 1 saturated carbocycles. The predicted octanol–water partition coefficient (Wildman–Crippen LogP) is 2.73. The average molecular weight is 235 g/mol. The van der Waals surface area contributed by atoms with Crippen molar-refractivity contribution in [2.45, 2.75) is 44.8 Å². The monoisotopic (exact) mass is 235 g/mol. The quantitative estimate of drug-likeness (QED) is 0.872. The minimum Gasteiger partial charge on any atom is -0.494 e. The summed E-state index contributed by atoms with van der Waals surface area (Å²) in [6.45, 7) is 2.66. The maximum Gasteiger partial charge on any atom is 0.123 e. The van der Waals surface area contributed by atoms with Crippen molar-refractivity contribution in [2.75, 3.05) is 6.61 Å². The zero-order valence-electron chi connectivity index (χ0n) is 10.4. The second kappa shape index (κ2) is 5.92. The highest BCUT2D eigenvalue weighted by atomic mass is 16.5. The van der Waals surface area contributed by atoms with Crippen LogP contribution in [0.25, 0.3) is 0 Å². The van der Waals surface area contributed by atoms with Crippen LogP contribution in [0.3, 0.4) is 0 Å². The van der Waals surface area contributed by atoms with Gasteiger partial charge in [-0.2, -0.15) is 0 Å². The van der Waals surface area contributed by atoms with Gasteiger partial charge in [0.15, 0.2) is 0 Å². The van der Waals surface area contributed by atoms with E-state index in [-0.39, 0.29) is 6.10 Å². The highest BCUT2D eigenvalue weighted by Gasteiger charge is 2.20. The molecule has 17 heavy (non-hydrogen) atoms. The Bertz CT molecular complexity index is 354. The van der Waals surface area contributed by atoms with E-state index in [4.69, 9.17) is 15.2 Å². The summed E-state index contributed by atoms with van der Waals surface area (Å²) >= 11 is 0. The molecule has 0 heterocycles. The summed E-state index contributed by atoms with van der Waals surface area (Å²) in [5, 5.41) is 0. The van der Waals surface area contributed by atoms with Crippen LogP contribution >= 0.6 is 0 Å². The zero-order chi connectivity index (χ0) is 12.1. The average Bonchev–Trinajstić information content (AvgIpc) is 2.30. The van der Waals surface area contributed by atoms with Crippen LogP contribution in [-0.4, -0.2) is 18.8 Å². The summed E-state index contributed by atoms with van der Waals surface area (Å²) in [5.74, 6) is 1.75. The molecule has 0 spiro atoms. The predicted molar refractivity (Wildman–Crippen MR) is 68.5 cm³/mol. The molecular weight excluding hydrogens is 214 g/mol. The first-order valence-corrected chi connectivity index (χ1v) is 6.43. The van der Waals surface area contributed by atoms with Crippen molar-refractivity contribution in [3.05, 3.63) is 24.3 Å². The van der Waals surface area contributed by atoms with E-state index in [1.54, 1.807) is 0 Å². The summed E-state index contributed by atoms with van der Waals surface area (Å²) in [6.07, 6.45) is 4.61. The lowest BCUT2D eigenvalue weighted by Crippen LogP contribution is -2.33. The Balaban J connectivity index is 1.95. The van der Waals surface area contributed by atoms with E-state index in [9.17, 15) is 0 Å². The van der Waals surface area contributed by atoms with Crippen LogP contribution in [-0.2, 0) is 0 Å². The van der Waals surface area contributed by atoms with Gasteiger partial charge >= 0.3 is 0 Å². The molecule has 2 N–H and O–H groups in total. The van der Waals surface area contributed by atoms with Gasteiger partial charge in [-0.15, -0.1) is 0 Å². The molecule has 0 aromatic heterocycles. The first-order chi connectivity index (χ1) is 8.28. The van der Waals surface area contributed by atoms with Crippen LogP contribution in [0, 0.1) is 0 Å². The Kier molecular flexibility index (Phi) is 4.26. The van der Waals surface area contributed by atoms with Gasteiger partial charge in [0.1, 0.15) is 17.6 Å². The number of rotatable bonds is 4. The largest absolute Gasteiger partial charge is 0.494 e. The van der Waals surface area contributed by atoms with Gasteiger partial charge in [-0.1, -0.05) is 6.07 Å². The van der Waals surface area contributed by atoms with Gasteiger partial charge in [0.2, 0.25) is 0 Å². The minimum absolute atomic E-state index is 0.260. The molecule has 94 valence electrons. The second-order valence-corrected chi connectivity index (χ2v) is 4.57. The van der Waals surface area contributed by atoms with Gasteiger partial charge in [-0.05, 0) is 44.7 Å². The molecule has 2 unspecified atom stereocenters. The molecule has 1 aromatic carbocycles. The maximum absolute atomic E-state index is 5.95. The van der Waals surface area contributed by atoms with Crippen LogP contribution in [0.5, 0.6) is 11.5 Å². The van der Waals surface area contributed by atoms with E-state index < -0.39 is 0 Å². The number of hydrogen-bond acceptors (Lipinski definition) is 3. The second-order valence-electron chi connectivity index (χ2n) is 4.57. The van der Waals surface area contributed by atoms with Crippen molar-refractivity contribution in [2.24, 2.45) is 5.73 Å². The minimum atomic E-state index is 0.260. The third-order valence-electron chi connectivity index (χ3n) is 3.09. The SMILES string of the molecule is CCOc1cccc(OC2CCCC(N)C2)c1. The number of ether oxygens (including phenoxy) is 2. The Labute approximate surface area is 103 Å². The van der Waals surface area contributed by atoms with Crippen molar-refractivity contribution in [1.29, 1.82) is 0 Å². The Morgan fingerprint density at radius 1 is 1.29 bits per heavy atom. The third kappa shape index (κ3) is 3.63. The molecule has 0 amide bonds. The molecule has 1 fully saturated rings. The maximum atomic E-state index is 5.95. The molecule has 0 aliphatic heterocycles. The fourth-order valence-electron chi connectivity index (χ4n) is 2.28. The van der Waals surface area contributed by atoms with E-state index in [2.05, 4.69) is 0 Å². The molecule has 0 radical (unpaired) electrons. The van der Waals surface area contributed by atoms with E-state index in [0.29, 0.717) is 12.6 Å². The van der Waals surface area contributed by atoms with E-state index >= 15 is 0 Å². The molecule has 0 bridgehead atoms. The fourth-order valence-corrected chi connectivity index (χ4v) is 2.28. The Hall–Kier alpha value is -1.22. The number of hydrogen-bond donors (Lipinski definition) is 1.